The zero-order valence-electron chi connectivity index (χ0n) is 13.4. The van der Waals surface area contributed by atoms with Crippen molar-refractivity contribution in [2.45, 2.75) is 0 Å². The van der Waals surface area contributed by atoms with Gasteiger partial charge in [0.05, 0.1) is 19.9 Å². The van der Waals surface area contributed by atoms with Gasteiger partial charge in [-0.2, -0.15) is 4.98 Å². The molecule has 2 aromatic carbocycles. The Labute approximate surface area is 142 Å². The van der Waals surface area contributed by atoms with Crippen LogP contribution >= 0.6 is 0 Å². The molecule has 128 valence electrons. The number of aromatic hydroxyl groups is 1. The van der Waals surface area contributed by atoms with E-state index in [0.29, 0.717) is 22.7 Å². The van der Waals surface area contributed by atoms with Crippen molar-refractivity contribution in [1.82, 2.24) is 4.98 Å². The van der Waals surface area contributed by atoms with E-state index >= 15 is 0 Å². The van der Waals surface area contributed by atoms with E-state index in [0.717, 1.165) is 0 Å². The number of ether oxygens (including phenoxy) is 2. The molecule has 1 heterocycles. The average Bonchev–Trinajstić information content (AvgIpc) is 3.01. The Hall–Kier alpha value is -3.42. The second kappa shape index (κ2) is 7.00. The monoisotopic (exact) mass is 343 g/mol. The molecule has 0 saturated heterocycles. The van der Waals surface area contributed by atoms with Gasteiger partial charge in [0, 0.05) is 11.6 Å². The van der Waals surface area contributed by atoms with E-state index in [2.05, 4.69) is 15.2 Å². The molecule has 1 N–H and O–H groups in total. The molecule has 0 fully saturated rings. The highest BCUT2D eigenvalue weighted by Crippen LogP contribution is 2.36. The molecule has 0 atom stereocenters. The number of nitrogens with zero attached hydrogens (tertiary/aromatic N) is 3. The largest absolute Gasteiger partial charge is 0.497 e. The summed E-state index contributed by atoms with van der Waals surface area (Å²) in [5, 5.41) is 17.6. The van der Waals surface area contributed by atoms with Crippen LogP contribution in [0, 0.1) is 5.82 Å². The van der Waals surface area contributed by atoms with Gasteiger partial charge in [0.25, 0.3) is 5.82 Å². The van der Waals surface area contributed by atoms with Crippen LogP contribution in [0.5, 0.6) is 17.4 Å². The van der Waals surface area contributed by atoms with E-state index in [1.807, 2.05) is 0 Å². The van der Waals surface area contributed by atoms with Gasteiger partial charge < -0.3 is 19.0 Å². The molecule has 8 heteroatoms. The van der Waals surface area contributed by atoms with Crippen LogP contribution in [0.1, 0.15) is 0 Å². The third-order valence-corrected chi connectivity index (χ3v) is 3.28. The summed E-state index contributed by atoms with van der Waals surface area (Å²) in [6, 6.07) is 10.5. The van der Waals surface area contributed by atoms with Crippen LogP contribution in [0.15, 0.2) is 57.1 Å². The van der Waals surface area contributed by atoms with Gasteiger partial charge in [-0.05, 0) is 36.4 Å². The summed E-state index contributed by atoms with van der Waals surface area (Å²) in [6.45, 7) is 0. The van der Waals surface area contributed by atoms with Crippen LogP contribution in [-0.2, 0) is 0 Å². The van der Waals surface area contributed by atoms with Gasteiger partial charge in [-0.1, -0.05) is 0 Å². The van der Waals surface area contributed by atoms with Crippen LogP contribution in [0.4, 0.5) is 15.9 Å². The van der Waals surface area contributed by atoms with Crippen molar-refractivity contribution < 1.29 is 23.4 Å². The minimum atomic E-state index is -0.484. The fourth-order valence-electron chi connectivity index (χ4n) is 2.04. The maximum atomic E-state index is 12.9. The van der Waals surface area contributed by atoms with Crippen LogP contribution in [0.3, 0.4) is 0 Å². The van der Waals surface area contributed by atoms with E-state index in [9.17, 15) is 9.50 Å². The third kappa shape index (κ3) is 3.74. The van der Waals surface area contributed by atoms with Crippen LogP contribution in [-0.4, -0.2) is 24.3 Å². The second-order valence-electron chi connectivity index (χ2n) is 4.93. The fourth-order valence-corrected chi connectivity index (χ4v) is 2.04. The normalized spacial score (nSPS) is 11.0. The van der Waals surface area contributed by atoms with Crippen molar-refractivity contribution in [2.24, 2.45) is 10.2 Å². The van der Waals surface area contributed by atoms with E-state index in [1.165, 1.54) is 38.5 Å². The van der Waals surface area contributed by atoms with Crippen molar-refractivity contribution in [3.63, 3.8) is 0 Å². The molecule has 0 unspecified atom stereocenters. The molecule has 0 amide bonds. The SMILES string of the molecule is COc1cc(OC)cc(-c2nc(N=Nc3ccc(F)cc3)c(O)o2)c1. The Morgan fingerprint density at radius 1 is 1.00 bits per heavy atom. The topological polar surface area (TPSA) is 89.4 Å². The molecule has 1 aromatic heterocycles. The number of halogens is 1. The highest BCUT2D eigenvalue weighted by Gasteiger charge is 2.15. The predicted octanol–water partition coefficient (Wildman–Crippen LogP) is 4.62. The zero-order valence-corrected chi connectivity index (χ0v) is 13.4. The summed E-state index contributed by atoms with van der Waals surface area (Å²) >= 11 is 0. The first-order chi connectivity index (χ1) is 12.1. The number of benzene rings is 2. The quantitative estimate of drug-likeness (QED) is 0.683. The lowest BCUT2D eigenvalue weighted by Gasteiger charge is -2.05. The highest BCUT2D eigenvalue weighted by atomic mass is 19.1. The lowest BCUT2D eigenvalue weighted by molar-refractivity contribution is 0.338. The standard InChI is InChI=1S/C17H14FN3O4/c1-23-13-7-10(8-14(9-13)24-2)16-19-15(17(22)25-16)21-20-12-5-3-11(18)4-6-12/h3-9,22H,1-2H3. The van der Waals surface area contributed by atoms with Crippen molar-refractivity contribution in [3.8, 4) is 28.9 Å². The van der Waals surface area contributed by atoms with Gasteiger partial charge in [0.15, 0.2) is 0 Å². The lowest BCUT2D eigenvalue weighted by atomic mass is 10.2. The molecule has 0 saturated carbocycles. The number of hydrogen-bond donors (Lipinski definition) is 1. The maximum Gasteiger partial charge on any atom is 0.332 e. The summed E-state index contributed by atoms with van der Waals surface area (Å²) in [4.78, 5) is 4.10. The lowest BCUT2D eigenvalue weighted by Crippen LogP contribution is -1.88. The number of azo groups is 1. The Bertz CT molecular complexity index is 885. The average molecular weight is 343 g/mol. The molecule has 0 aliphatic rings. The molecule has 0 aliphatic heterocycles. The van der Waals surface area contributed by atoms with Crippen LogP contribution in [0.25, 0.3) is 11.5 Å². The fraction of sp³-hybridized carbons (Fsp3) is 0.118. The molecule has 0 radical (unpaired) electrons. The Morgan fingerprint density at radius 2 is 1.64 bits per heavy atom. The molecule has 3 rings (SSSR count). The Kier molecular flexibility index (Phi) is 4.60. The number of oxazole rings is 1. The molecule has 0 aliphatic carbocycles. The molecule has 0 spiro atoms. The second-order valence-corrected chi connectivity index (χ2v) is 4.93. The first-order valence-corrected chi connectivity index (χ1v) is 7.19. The molecular formula is C17H14FN3O4. The van der Waals surface area contributed by atoms with Gasteiger partial charge in [0.1, 0.15) is 17.3 Å². The van der Waals surface area contributed by atoms with Crippen molar-refractivity contribution in [3.05, 3.63) is 48.3 Å². The molecule has 7 nitrogen and oxygen atoms in total. The summed E-state index contributed by atoms with van der Waals surface area (Å²) < 4.78 is 28.5. The molecule has 3 aromatic rings. The highest BCUT2D eigenvalue weighted by molar-refractivity contribution is 5.62. The van der Waals surface area contributed by atoms with Crippen LogP contribution in [0.2, 0.25) is 0 Å². The molecular weight excluding hydrogens is 329 g/mol. The van der Waals surface area contributed by atoms with Gasteiger partial charge in [-0.3, -0.25) is 0 Å². The van der Waals surface area contributed by atoms with Crippen LogP contribution < -0.4 is 9.47 Å². The number of aromatic nitrogens is 1. The van der Waals surface area contributed by atoms with Crippen molar-refractivity contribution in [1.29, 1.82) is 0 Å². The summed E-state index contributed by atoms with van der Waals surface area (Å²) in [6.07, 6.45) is 0. The summed E-state index contributed by atoms with van der Waals surface area (Å²) in [7, 11) is 3.04. The van der Waals surface area contributed by atoms with Gasteiger partial charge in [-0.15, -0.1) is 10.2 Å². The Morgan fingerprint density at radius 3 is 2.24 bits per heavy atom. The molecule has 0 bridgehead atoms. The minimum Gasteiger partial charge on any atom is -0.497 e. The third-order valence-electron chi connectivity index (χ3n) is 3.28. The Balaban J connectivity index is 1.91. The number of methoxy groups -OCH3 is 2. The van der Waals surface area contributed by atoms with Crippen molar-refractivity contribution >= 4 is 11.5 Å². The smallest absolute Gasteiger partial charge is 0.332 e. The first-order valence-electron chi connectivity index (χ1n) is 7.19. The zero-order chi connectivity index (χ0) is 17.8. The van der Waals surface area contributed by atoms with Gasteiger partial charge in [-0.25, -0.2) is 4.39 Å². The van der Waals surface area contributed by atoms with E-state index in [4.69, 9.17) is 13.9 Å². The summed E-state index contributed by atoms with van der Waals surface area (Å²) in [5.41, 5.74) is 0.947. The van der Waals surface area contributed by atoms with Gasteiger partial charge >= 0.3 is 5.95 Å². The number of hydrogen-bond acceptors (Lipinski definition) is 7. The molecule has 25 heavy (non-hydrogen) atoms. The predicted molar refractivity (Wildman–Crippen MR) is 87.3 cm³/mol. The van der Waals surface area contributed by atoms with E-state index < -0.39 is 5.95 Å². The number of rotatable bonds is 5. The van der Waals surface area contributed by atoms with E-state index in [1.54, 1.807) is 18.2 Å². The maximum absolute atomic E-state index is 12.9. The van der Waals surface area contributed by atoms with Gasteiger partial charge in [0.2, 0.25) is 5.89 Å². The van der Waals surface area contributed by atoms with E-state index in [-0.39, 0.29) is 17.5 Å². The summed E-state index contributed by atoms with van der Waals surface area (Å²) in [5.74, 6) is 0.257. The minimum absolute atomic E-state index is 0.0962. The first kappa shape index (κ1) is 16.4. The van der Waals surface area contributed by atoms with Crippen molar-refractivity contribution in [2.75, 3.05) is 14.2 Å².